The van der Waals surface area contributed by atoms with E-state index in [1.807, 2.05) is 0 Å². The Morgan fingerprint density at radius 3 is 1.82 bits per heavy atom. The largest absolute Gasteiger partial charge is 0.0707 e. The first kappa shape index (κ1) is 14.8. The van der Waals surface area contributed by atoms with Crippen molar-refractivity contribution in [2.75, 3.05) is 0 Å². The van der Waals surface area contributed by atoms with Crippen molar-refractivity contribution in [2.24, 2.45) is 35.0 Å². The number of rotatable bonds is 2. The van der Waals surface area contributed by atoms with Crippen LogP contribution in [0.25, 0.3) is 0 Å². The van der Waals surface area contributed by atoms with E-state index in [0.29, 0.717) is 5.41 Å². The van der Waals surface area contributed by atoms with E-state index < -0.39 is 0 Å². The fourth-order valence-corrected chi connectivity index (χ4v) is 4.39. The van der Waals surface area contributed by atoms with Crippen molar-refractivity contribution in [3.8, 4) is 0 Å². The van der Waals surface area contributed by atoms with Gasteiger partial charge >= 0.3 is 0 Å². The first-order valence-electron chi connectivity index (χ1n) is 7.33. The Morgan fingerprint density at radius 2 is 1.47 bits per heavy atom. The third kappa shape index (κ3) is 2.09. The van der Waals surface area contributed by atoms with Crippen LogP contribution in [0.4, 0.5) is 0 Å². The molecule has 0 radical (unpaired) electrons. The molecule has 1 aliphatic rings. The summed E-state index contributed by atoms with van der Waals surface area (Å²) in [5, 5.41) is 0. The van der Waals surface area contributed by atoms with E-state index in [2.05, 4.69) is 62.3 Å². The van der Waals surface area contributed by atoms with Crippen LogP contribution in [0.5, 0.6) is 0 Å². The van der Waals surface area contributed by atoms with E-state index in [0.717, 1.165) is 29.6 Å². The van der Waals surface area contributed by atoms with E-state index in [-0.39, 0.29) is 0 Å². The van der Waals surface area contributed by atoms with Crippen LogP contribution in [0.3, 0.4) is 0 Å². The summed E-state index contributed by atoms with van der Waals surface area (Å²) in [7, 11) is 0. The third-order valence-corrected chi connectivity index (χ3v) is 6.05. The topological polar surface area (TPSA) is 0 Å². The lowest BCUT2D eigenvalue weighted by molar-refractivity contribution is 0.0345. The Balaban J connectivity index is 3.39. The fraction of sp³-hybridized carbons (Fsp3) is 0.882. The highest BCUT2D eigenvalue weighted by Crippen LogP contribution is 2.56. The van der Waals surface area contributed by atoms with Gasteiger partial charge in [0, 0.05) is 0 Å². The van der Waals surface area contributed by atoms with Crippen LogP contribution in [0.2, 0.25) is 0 Å². The average molecular weight is 236 g/mol. The van der Waals surface area contributed by atoms with Crippen molar-refractivity contribution >= 4 is 0 Å². The molecule has 0 heterocycles. The average Bonchev–Trinajstić information content (AvgIpc) is 2.23. The maximum atomic E-state index is 2.50. The van der Waals surface area contributed by atoms with Gasteiger partial charge in [-0.15, -0.1) is 0 Å². The zero-order valence-corrected chi connectivity index (χ0v) is 13.4. The molecule has 17 heavy (non-hydrogen) atoms. The van der Waals surface area contributed by atoms with Crippen molar-refractivity contribution in [1.82, 2.24) is 0 Å². The Hall–Kier alpha value is -0.260. The van der Waals surface area contributed by atoms with E-state index >= 15 is 0 Å². The molecule has 4 atom stereocenters. The minimum absolute atomic E-state index is 0.379. The molecule has 0 aliphatic heterocycles. The molecule has 4 unspecified atom stereocenters. The van der Waals surface area contributed by atoms with Gasteiger partial charge < -0.3 is 0 Å². The minimum atomic E-state index is 0.379. The van der Waals surface area contributed by atoms with E-state index in [1.165, 1.54) is 0 Å². The third-order valence-electron chi connectivity index (χ3n) is 6.05. The Bertz CT molecular complexity index is 308. The van der Waals surface area contributed by atoms with Crippen molar-refractivity contribution in [1.29, 1.82) is 0 Å². The van der Waals surface area contributed by atoms with Gasteiger partial charge in [-0.2, -0.15) is 0 Å². The van der Waals surface area contributed by atoms with E-state index in [9.17, 15) is 0 Å². The molecule has 0 bridgehead atoms. The molecule has 0 nitrogen and oxygen atoms in total. The lowest BCUT2D eigenvalue weighted by Crippen LogP contribution is -2.46. The maximum absolute atomic E-state index is 2.50. The van der Waals surface area contributed by atoms with Gasteiger partial charge in [-0.25, -0.2) is 0 Å². The maximum Gasteiger partial charge on any atom is -0.00601 e. The fourth-order valence-electron chi connectivity index (χ4n) is 4.39. The van der Waals surface area contributed by atoms with Crippen molar-refractivity contribution in [3.05, 3.63) is 11.1 Å². The summed E-state index contributed by atoms with van der Waals surface area (Å²) in [5.41, 5.74) is 3.69. The first-order chi connectivity index (χ1) is 7.65. The molecule has 0 aromatic rings. The molecule has 0 aromatic heterocycles. The van der Waals surface area contributed by atoms with Crippen LogP contribution >= 0.6 is 0 Å². The summed E-state index contributed by atoms with van der Waals surface area (Å²) in [5.74, 6) is 3.84. The molecule has 0 saturated carbocycles. The highest BCUT2D eigenvalue weighted by atomic mass is 14.5. The molecular weight excluding hydrogens is 204 g/mol. The predicted octanol–water partition coefficient (Wildman–Crippen LogP) is 5.54. The summed E-state index contributed by atoms with van der Waals surface area (Å²) in [6, 6.07) is 0. The summed E-state index contributed by atoms with van der Waals surface area (Å²) >= 11 is 0. The van der Waals surface area contributed by atoms with Crippen molar-refractivity contribution < 1.29 is 0 Å². The number of hydrogen-bond donors (Lipinski definition) is 0. The lowest BCUT2D eigenvalue weighted by atomic mass is 9.51. The molecule has 100 valence electrons. The highest BCUT2D eigenvalue weighted by Gasteiger charge is 2.48. The molecule has 1 rings (SSSR count). The van der Waals surface area contributed by atoms with Crippen LogP contribution in [-0.4, -0.2) is 0 Å². The van der Waals surface area contributed by atoms with Gasteiger partial charge in [0.25, 0.3) is 0 Å². The van der Waals surface area contributed by atoms with Crippen molar-refractivity contribution in [3.63, 3.8) is 0 Å². The number of hydrogen-bond acceptors (Lipinski definition) is 0. The second kappa shape index (κ2) is 4.78. The van der Waals surface area contributed by atoms with Gasteiger partial charge in [0.1, 0.15) is 0 Å². The number of allylic oxidation sites excluding steroid dienone is 2. The van der Waals surface area contributed by atoms with Crippen LogP contribution in [0.15, 0.2) is 11.1 Å². The molecule has 0 fully saturated rings. The smallest absolute Gasteiger partial charge is 0.00601 e. The second-order valence-corrected chi connectivity index (χ2v) is 7.16. The van der Waals surface area contributed by atoms with Gasteiger partial charge in [-0.05, 0) is 48.9 Å². The van der Waals surface area contributed by atoms with Gasteiger partial charge in [0.15, 0.2) is 0 Å². The SMILES string of the molecule is CC1=C(C)C(C)(C(C)C)C(C(C)C)C(C)C1C. The van der Waals surface area contributed by atoms with Gasteiger partial charge in [-0.1, -0.05) is 59.6 Å². The zero-order valence-electron chi connectivity index (χ0n) is 13.4. The standard InChI is InChI=1S/C17H32/c1-10(2)16-14(7)12(5)13(6)15(8)17(16,9)11(3)4/h10-12,14,16H,1-9H3. The lowest BCUT2D eigenvalue weighted by Gasteiger charge is -2.53. The van der Waals surface area contributed by atoms with Gasteiger partial charge in [0.05, 0.1) is 0 Å². The first-order valence-corrected chi connectivity index (χ1v) is 7.33. The Morgan fingerprint density at radius 1 is 1.00 bits per heavy atom. The molecule has 0 heteroatoms. The van der Waals surface area contributed by atoms with Crippen LogP contribution in [0, 0.1) is 35.0 Å². The van der Waals surface area contributed by atoms with Crippen LogP contribution in [-0.2, 0) is 0 Å². The summed E-state index contributed by atoms with van der Waals surface area (Å²) < 4.78 is 0. The quantitative estimate of drug-likeness (QED) is 0.552. The van der Waals surface area contributed by atoms with E-state index in [1.54, 1.807) is 11.1 Å². The summed E-state index contributed by atoms with van der Waals surface area (Å²) in [6.45, 7) is 21.7. The monoisotopic (exact) mass is 236 g/mol. The predicted molar refractivity (Wildman–Crippen MR) is 78.0 cm³/mol. The molecule has 0 saturated heterocycles. The Labute approximate surface area is 109 Å². The van der Waals surface area contributed by atoms with E-state index in [4.69, 9.17) is 0 Å². The molecule has 0 aromatic carbocycles. The molecule has 0 spiro atoms. The molecule has 0 amide bonds. The second-order valence-electron chi connectivity index (χ2n) is 7.16. The summed E-state index contributed by atoms with van der Waals surface area (Å²) in [6.07, 6.45) is 0. The minimum Gasteiger partial charge on any atom is -0.0707 e. The molecular formula is C17H32. The normalized spacial score (nSPS) is 39.4. The highest BCUT2D eigenvalue weighted by molar-refractivity contribution is 5.27. The van der Waals surface area contributed by atoms with Crippen LogP contribution < -0.4 is 0 Å². The molecule has 0 N–H and O–H groups in total. The van der Waals surface area contributed by atoms with Gasteiger partial charge in [-0.3, -0.25) is 0 Å². The van der Waals surface area contributed by atoms with Crippen molar-refractivity contribution in [2.45, 2.75) is 62.3 Å². The molecule has 1 aliphatic carbocycles. The van der Waals surface area contributed by atoms with Gasteiger partial charge in [0.2, 0.25) is 0 Å². The van der Waals surface area contributed by atoms with Crippen LogP contribution in [0.1, 0.15) is 62.3 Å². The zero-order chi connectivity index (χ0) is 13.5. The summed E-state index contributed by atoms with van der Waals surface area (Å²) in [4.78, 5) is 0. The Kier molecular flexibility index (Phi) is 4.16.